The van der Waals surface area contributed by atoms with Crippen LogP contribution in [-0.4, -0.2) is 54.0 Å². The van der Waals surface area contributed by atoms with E-state index in [2.05, 4.69) is 0 Å². The average molecular weight is 751 g/mol. The quantitative estimate of drug-likeness (QED) is 0.154. The molecule has 4 aromatic rings. The first kappa shape index (κ1) is 36.4. The van der Waals surface area contributed by atoms with Crippen molar-refractivity contribution in [2.75, 3.05) is 12.3 Å². The van der Waals surface area contributed by atoms with Gasteiger partial charge in [0.25, 0.3) is 0 Å². The average Bonchev–Trinajstić information content (AvgIpc) is 3.44. The molecule has 4 aromatic carbocycles. The van der Waals surface area contributed by atoms with Crippen molar-refractivity contribution in [2.24, 2.45) is 0 Å². The molecule has 1 aliphatic heterocycles. The van der Waals surface area contributed by atoms with Gasteiger partial charge in [0.2, 0.25) is 0 Å². The Bertz CT molecular complexity index is 1740. The van der Waals surface area contributed by atoms with Gasteiger partial charge in [0, 0.05) is 0 Å². The molecule has 48 heavy (non-hydrogen) atoms. The van der Waals surface area contributed by atoms with Crippen LogP contribution >= 0.6 is 14.8 Å². The van der Waals surface area contributed by atoms with Crippen LogP contribution < -0.4 is 21.2 Å². The van der Waals surface area contributed by atoms with E-state index in [1.807, 2.05) is 0 Å². The van der Waals surface area contributed by atoms with E-state index in [0.717, 1.165) is 6.92 Å². The number of halogens is 6. The molecule has 0 amide bonds. The van der Waals surface area contributed by atoms with Crippen molar-refractivity contribution >= 4 is 56.1 Å². The molecule has 0 bridgehead atoms. The Morgan fingerprint density at radius 3 is 1.02 bits per heavy atom. The molecule has 0 aromatic heterocycles. The summed E-state index contributed by atoms with van der Waals surface area (Å²) in [5.74, 6) is 0. The summed E-state index contributed by atoms with van der Waals surface area (Å²) < 4.78 is 142. The van der Waals surface area contributed by atoms with Gasteiger partial charge >= 0.3 is 278 Å². The molecule has 1 unspecified atom stereocenters. The summed E-state index contributed by atoms with van der Waals surface area (Å²) in [4.78, 5) is 0. The monoisotopic (exact) mass is 750 g/mol. The van der Waals surface area contributed by atoms with Crippen LogP contribution in [0.3, 0.4) is 0 Å². The number of hydrogen-bond acceptors (Lipinski definition) is 5. The SMILES string of the molecule is CCC(C)(N1[PH](c2ccccc2)(c2ccccc2)CC[PH]1(c1ccccc1)c1ccccc1)N(S(=O)(=O)C(F)(F)F)S(=O)(=O)C(F)(F)F. The van der Waals surface area contributed by atoms with Gasteiger partial charge in [-0.1, -0.05) is 0 Å². The first-order valence-electron chi connectivity index (χ1n) is 14.9. The summed E-state index contributed by atoms with van der Waals surface area (Å²) >= 11 is 0. The summed E-state index contributed by atoms with van der Waals surface area (Å²) in [5.41, 5.74) is -15.7. The zero-order valence-electron chi connectivity index (χ0n) is 25.8. The molecule has 1 saturated heterocycles. The molecular formula is C32H34F6N2O4P2S2. The van der Waals surface area contributed by atoms with E-state index in [0.29, 0.717) is 21.2 Å². The molecular weight excluding hydrogens is 716 g/mol. The predicted octanol–water partition coefficient (Wildman–Crippen LogP) is 6.06. The van der Waals surface area contributed by atoms with Crippen molar-refractivity contribution in [1.29, 1.82) is 0 Å². The molecule has 1 atom stereocenters. The third kappa shape index (κ3) is 5.58. The molecule has 0 aliphatic carbocycles. The zero-order valence-corrected chi connectivity index (χ0v) is 29.4. The minimum absolute atomic E-state index is 0.235. The van der Waals surface area contributed by atoms with Crippen LogP contribution in [0.25, 0.3) is 0 Å². The van der Waals surface area contributed by atoms with E-state index in [1.165, 1.54) is 6.92 Å². The zero-order chi connectivity index (χ0) is 35.2. The fourth-order valence-corrected chi connectivity index (χ4v) is 27.0. The van der Waals surface area contributed by atoms with Crippen LogP contribution in [0, 0.1) is 0 Å². The molecule has 0 spiro atoms. The predicted molar refractivity (Wildman–Crippen MR) is 183 cm³/mol. The summed E-state index contributed by atoms with van der Waals surface area (Å²) in [6.07, 6.45) is -0.280. The van der Waals surface area contributed by atoms with Crippen molar-refractivity contribution in [3.63, 3.8) is 0 Å². The van der Waals surface area contributed by atoms with Gasteiger partial charge in [0.1, 0.15) is 0 Å². The molecule has 0 radical (unpaired) electrons. The third-order valence-electron chi connectivity index (χ3n) is 9.18. The van der Waals surface area contributed by atoms with Crippen molar-refractivity contribution < 1.29 is 43.2 Å². The third-order valence-corrected chi connectivity index (χ3v) is 25.6. The van der Waals surface area contributed by atoms with Crippen LogP contribution in [0.2, 0.25) is 0 Å². The first-order valence-corrected chi connectivity index (χ1v) is 22.1. The second kappa shape index (κ2) is 12.8. The van der Waals surface area contributed by atoms with Crippen LogP contribution in [0.4, 0.5) is 26.3 Å². The molecule has 5 rings (SSSR count). The summed E-state index contributed by atoms with van der Waals surface area (Å²) in [7, 11) is -22.2. The van der Waals surface area contributed by atoms with Crippen molar-refractivity contribution in [2.45, 2.75) is 36.9 Å². The Balaban J connectivity index is 2.07. The Hall–Kier alpha value is -2.86. The van der Waals surface area contributed by atoms with Gasteiger partial charge in [-0.3, -0.25) is 0 Å². The van der Waals surface area contributed by atoms with Crippen LogP contribution in [0.5, 0.6) is 0 Å². The van der Waals surface area contributed by atoms with Crippen molar-refractivity contribution in [1.82, 2.24) is 8.15 Å². The second-order valence-electron chi connectivity index (χ2n) is 11.7. The van der Waals surface area contributed by atoms with Crippen molar-refractivity contribution in [3.05, 3.63) is 121 Å². The maximum absolute atomic E-state index is 14.6. The first-order chi connectivity index (χ1) is 22.4. The van der Waals surface area contributed by atoms with E-state index in [1.54, 1.807) is 126 Å². The number of benzene rings is 4. The normalized spacial score (nSPS) is 19.8. The summed E-state index contributed by atoms with van der Waals surface area (Å²) in [6, 6.07) is 34.2. The molecule has 6 nitrogen and oxygen atoms in total. The Morgan fingerprint density at radius 1 is 0.562 bits per heavy atom. The van der Waals surface area contributed by atoms with Crippen LogP contribution in [0.15, 0.2) is 121 Å². The van der Waals surface area contributed by atoms with E-state index in [4.69, 9.17) is 0 Å². The standard InChI is InChI=1S/C32H34F6N2O4P2S2/c1-3-30(2,40(47(41,42)31(33,34)35)48(43,44)32(36,37)38)39-45(26-16-8-4-9-17-26,27-18-10-5-11-19-27)24-25-46(39,28-20-12-6-13-21-28)29-22-14-7-15-23-29/h4-23,45-46H,3,24-25H2,1-2H3. The second-order valence-corrected chi connectivity index (χ2v) is 23.6. The molecule has 1 heterocycles. The molecule has 260 valence electrons. The van der Waals surface area contributed by atoms with Gasteiger partial charge in [-0.05, 0) is 0 Å². The number of rotatable bonds is 9. The molecule has 16 heteroatoms. The molecule has 0 saturated carbocycles. The topological polar surface area (TPSA) is 74.8 Å². The fourth-order valence-electron chi connectivity index (χ4n) is 7.22. The van der Waals surface area contributed by atoms with Crippen LogP contribution in [-0.2, 0) is 20.0 Å². The van der Waals surface area contributed by atoms with Gasteiger partial charge in [-0.2, -0.15) is 0 Å². The van der Waals surface area contributed by atoms with Crippen LogP contribution in [0.1, 0.15) is 20.3 Å². The van der Waals surface area contributed by atoms with Crippen molar-refractivity contribution in [3.8, 4) is 0 Å². The number of sulfonamides is 2. The van der Waals surface area contributed by atoms with Gasteiger partial charge in [-0.25, -0.2) is 0 Å². The van der Waals surface area contributed by atoms with Gasteiger partial charge in [0.05, 0.1) is 0 Å². The fraction of sp³-hybridized carbons (Fsp3) is 0.250. The van der Waals surface area contributed by atoms with Gasteiger partial charge in [0.15, 0.2) is 0 Å². The van der Waals surface area contributed by atoms with E-state index < -0.39 is 61.7 Å². The van der Waals surface area contributed by atoms with Gasteiger partial charge < -0.3 is 0 Å². The van der Waals surface area contributed by atoms with E-state index in [9.17, 15) is 43.2 Å². The molecule has 0 N–H and O–H groups in total. The Labute approximate surface area is 277 Å². The maximum atomic E-state index is 14.6. The Morgan fingerprint density at radius 2 is 0.812 bits per heavy atom. The Kier molecular flexibility index (Phi) is 9.71. The number of alkyl halides is 6. The molecule has 1 aliphatic rings. The summed E-state index contributed by atoms with van der Waals surface area (Å²) in [6.45, 7) is 2.11. The van der Waals surface area contributed by atoms with Gasteiger partial charge in [-0.15, -0.1) is 0 Å². The van der Waals surface area contributed by atoms with E-state index >= 15 is 0 Å². The molecule has 1 fully saturated rings. The number of nitrogens with zero attached hydrogens (tertiary/aromatic N) is 2. The minimum atomic E-state index is -7.19. The number of hydrogen-bond donors (Lipinski definition) is 0. The summed E-state index contributed by atoms with van der Waals surface area (Å²) in [5, 5.41) is 2.30. The van der Waals surface area contributed by atoms with E-state index in [-0.39, 0.29) is 12.3 Å².